The van der Waals surface area contributed by atoms with Crippen molar-refractivity contribution in [3.63, 3.8) is 0 Å². The number of alkyl carbamates (subject to hydrolysis) is 1. The number of benzene rings is 3. The fourth-order valence-electron chi connectivity index (χ4n) is 3.98. The van der Waals surface area contributed by atoms with Crippen molar-refractivity contribution < 1.29 is 29.0 Å². The Kier molecular flexibility index (Phi) is 7.79. The lowest BCUT2D eigenvalue weighted by atomic mass is 9.98. The molecule has 4 rings (SSSR count). The summed E-state index contributed by atoms with van der Waals surface area (Å²) in [4.78, 5) is 35.2. The maximum absolute atomic E-state index is 12.2. The number of ether oxygens (including phenoxy) is 2. The summed E-state index contributed by atoms with van der Waals surface area (Å²) in [5.41, 5.74) is 5.13. The molecule has 0 fully saturated rings. The third-order valence-corrected chi connectivity index (χ3v) is 6.24. The van der Waals surface area contributed by atoms with Crippen molar-refractivity contribution in [1.29, 1.82) is 0 Å². The number of nitrogens with one attached hydrogen (secondary N) is 2. The number of carbonyl (C=O) groups is 3. The van der Waals surface area contributed by atoms with Crippen LogP contribution >= 0.6 is 15.9 Å². The van der Waals surface area contributed by atoms with Crippen molar-refractivity contribution in [1.82, 2.24) is 5.32 Å². The van der Waals surface area contributed by atoms with Gasteiger partial charge in [0.1, 0.15) is 13.2 Å². The van der Waals surface area contributed by atoms with Crippen molar-refractivity contribution in [2.24, 2.45) is 0 Å². The molecule has 0 aliphatic heterocycles. The molecule has 8 nitrogen and oxygen atoms in total. The first kappa shape index (κ1) is 24.4. The second kappa shape index (κ2) is 11.2. The van der Waals surface area contributed by atoms with Gasteiger partial charge < -0.3 is 25.2 Å². The normalized spacial score (nSPS) is 11.9. The van der Waals surface area contributed by atoms with Crippen LogP contribution in [0.1, 0.15) is 27.4 Å². The number of hydrogen-bond acceptors (Lipinski definition) is 5. The van der Waals surface area contributed by atoms with Crippen LogP contribution < -0.4 is 10.6 Å². The van der Waals surface area contributed by atoms with Gasteiger partial charge in [-0.2, -0.15) is 0 Å². The van der Waals surface area contributed by atoms with Crippen LogP contribution in [0.3, 0.4) is 0 Å². The predicted octanol–water partition coefficient (Wildman–Crippen LogP) is 4.64. The van der Waals surface area contributed by atoms with Gasteiger partial charge in [-0.3, -0.25) is 4.79 Å². The number of anilines is 1. The molecule has 0 aromatic heterocycles. The quantitative estimate of drug-likeness (QED) is 0.342. The highest BCUT2D eigenvalue weighted by molar-refractivity contribution is 9.10. The van der Waals surface area contributed by atoms with E-state index in [9.17, 15) is 14.4 Å². The molecule has 9 heteroatoms. The molecule has 180 valence electrons. The smallest absolute Gasteiger partial charge is 0.407 e. The van der Waals surface area contributed by atoms with E-state index in [1.807, 2.05) is 24.3 Å². The summed E-state index contributed by atoms with van der Waals surface area (Å²) in [6.07, 6.45) is -0.553. The average molecular weight is 539 g/mol. The van der Waals surface area contributed by atoms with E-state index in [-0.39, 0.29) is 37.8 Å². The Bertz CT molecular complexity index is 1220. The Balaban J connectivity index is 1.17. The highest BCUT2D eigenvalue weighted by Gasteiger charge is 2.28. The lowest BCUT2D eigenvalue weighted by Crippen LogP contribution is -2.30. The van der Waals surface area contributed by atoms with Crippen molar-refractivity contribution in [2.75, 3.05) is 31.7 Å². The number of fused-ring (bicyclic) bond motifs is 3. The van der Waals surface area contributed by atoms with Gasteiger partial charge >= 0.3 is 12.1 Å². The maximum Gasteiger partial charge on any atom is 0.407 e. The SMILES string of the molecule is O=C(COCCNC(=O)OCC1c2ccccc2-c2ccccc21)Nc1ccc(C(=O)O)cc1Br. The number of amides is 2. The van der Waals surface area contributed by atoms with E-state index in [2.05, 4.69) is 50.8 Å². The Morgan fingerprint density at radius 1 is 0.943 bits per heavy atom. The van der Waals surface area contributed by atoms with Gasteiger partial charge in [0.15, 0.2) is 0 Å². The topological polar surface area (TPSA) is 114 Å². The molecule has 35 heavy (non-hydrogen) atoms. The zero-order valence-electron chi connectivity index (χ0n) is 18.6. The lowest BCUT2D eigenvalue weighted by Gasteiger charge is -2.14. The number of carboxylic acid groups (broad SMARTS) is 1. The van der Waals surface area contributed by atoms with E-state index in [0.29, 0.717) is 10.2 Å². The van der Waals surface area contributed by atoms with Gasteiger partial charge in [0.05, 0.1) is 17.9 Å². The minimum Gasteiger partial charge on any atom is -0.478 e. The summed E-state index contributed by atoms with van der Waals surface area (Å²) < 4.78 is 11.2. The van der Waals surface area contributed by atoms with Gasteiger partial charge in [-0.25, -0.2) is 9.59 Å². The molecule has 0 unspecified atom stereocenters. The van der Waals surface area contributed by atoms with Crippen molar-refractivity contribution in [3.8, 4) is 11.1 Å². The highest BCUT2D eigenvalue weighted by atomic mass is 79.9. The molecule has 0 bridgehead atoms. The van der Waals surface area contributed by atoms with E-state index in [0.717, 1.165) is 22.3 Å². The van der Waals surface area contributed by atoms with E-state index in [1.165, 1.54) is 18.2 Å². The molecule has 1 aliphatic carbocycles. The van der Waals surface area contributed by atoms with Gasteiger partial charge in [-0.15, -0.1) is 0 Å². The van der Waals surface area contributed by atoms with E-state index >= 15 is 0 Å². The van der Waals surface area contributed by atoms with Gasteiger partial charge in [0, 0.05) is 16.9 Å². The molecule has 3 aromatic rings. The van der Waals surface area contributed by atoms with Crippen LogP contribution in [0.4, 0.5) is 10.5 Å². The van der Waals surface area contributed by atoms with Crippen molar-refractivity contribution in [3.05, 3.63) is 87.9 Å². The summed E-state index contributed by atoms with van der Waals surface area (Å²) in [6.45, 7) is 0.301. The minimum atomic E-state index is -1.06. The third kappa shape index (κ3) is 5.87. The van der Waals surface area contributed by atoms with Gasteiger partial charge in [0.25, 0.3) is 0 Å². The zero-order chi connectivity index (χ0) is 24.8. The van der Waals surface area contributed by atoms with E-state index in [4.69, 9.17) is 14.6 Å². The molecule has 0 spiro atoms. The highest BCUT2D eigenvalue weighted by Crippen LogP contribution is 2.44. The first-order chi connectivity index (χ1) is 16.9. The Morgan fingerprint density at radius 3 is 2.23 bits per heavy atom. The van der Waals surface area contributed by atoms with Crippen molar-refractivity contribution in [2.45, 2.75) is 5.92 Å². The monoisotopic (exact) mass is 538 g/mol. The lowest BCUT2D eigenvalue weighted by molar-refractivity contribution is -0.120. The van der Waals surface area contributed by atoms with Crippen LogP contribution in [0.5, 0.6) is 0 Å². The van der Waals surface area contributed by atoms with E-state index in [1.54, 1.807) is 0 Å². The average Bonchev–Trinajstić information content (AvgIpc) is 3.17. The van der Waals surface area contributed by atoms with Crippen molar-refractivity contribution >= 4 is 39.6 Å². The Hall–Kier alpha value is -3.69. The predicted molar refractivity (Wildman–Crippen MR) is 134 cm³/mol. The first-order valence-corrected chi connectivity index (χ1v) is 11.7. The third-order valence-electron chi connectivity index (χ3n) is 5.58. The molecule has 0 saturated heterocycles. The van der Waals surface area contributed by atoms with Crippen LogP contribution in [0.2, 0.25) is 0 Å². The first-order valence-electron chi connectivity index (χ1n) is 10.9. The Morgan fingerprint density at radius 2 is 1.60 bits per heavy atom. The molecule has 0 atom stereocenters. The second-order valence-electron chi connectivity index (χ2n) is 7.85. The maximum atomic E-state index is 12.2. The summed E-state index contributed by atoms with van der Waals surface area (Å²) in [6, 6.07) is 20.5. The fraction of sp³-hybridized carbons (Fsp3) is 0.192. The van der Waals surface area contributed by atoms with Gasteiger partial charge in [-0.1, -0.05) is 48.5 Å². The summed E-state index contributed by atoms with van der Waals surface area (Å²) >= 11 is 3.23. The van der Waals surface area contributed by atoms with E-state index < -0.39 is 18.0 Å². The minimum absolute atomic E-state index is 0.0167. The molecule has 3 N–H and O–H groups in total. The van der Waals surface area contributed by atoms with Gasteiger partial charge in [0.2, 0.25) is 5.91 Å². The number of carbonyl (C=O) groups excluding carboxylic acids is 2. The Labute approximate surface area is 210 Å². The number of aromatic carboxylic acids is 1. The number of halogens is 1. The molecular weight excluding hydrogens is 516 g/mol. The summed E-state index contributed by atoms with van der Waals surface area (Å²) in [5, 5.41) is 14.2. The van der Waals surface area contributed by atoms with Gasteiger partial charge in [-0.05, 0) is 56.4 Å². The van der Waals surface area contributed by atoms with Crippen LogP contribution in [0.25, 0.3) is 11.1 Å². The summed E-state index contributed by atoms with van der Waals surface area (Å²) in [7, 11) is 0. The largest absolute Gasteiger partial charge is 0.478 e. The van der Waals surface area contributed by atoms with Crippen LogP contribution in [0, 0.1) is 0 Å². The molecule has 0 radical (unpaired) electrons. The molecule has 2 amide bonds. The molecular formula is C26H23BrN2O6. The van der Waals surface area contributed by atoms with Crippen LogP contribution in [-0.2, 0) is 14.3 Å². The number of hydrogen-bond donors (Lipinski definition) is 3. The summed E-state index contributed by atoms with van der Waals surface area (Å²) in [5.74, 6) is -1.48. The standard InChI is InChI=1S/C26H23BrN2O6/c27-22-13-16(25(31)32)9-10-23(22)29-24(30)15-34-12-11-28-26(33)35-14-21-19-7-3-1-5-17(19)18-6-2-4-8-20(18)21/h1-10,13,21H,11-12,14-15H2,(H,28,33)(H,29,30)(H,31,32). The number of rotatable bonds is 9. The number of carboxylic acids is 1. The fourth-order valence-corrected chi connectivity index (χ4v) is 4.45. The molecule has 1 aliphatic rings. The molecule has 3 aromatic carbocycles. The van der Waals surface area contributed by atoms with Crippen LogP contribution in [0.15, 0.2) is 71.2 Å². The second-order valence-corrected chi connectivity index (χ2v) is 8.71. The zero-order valence-corrected chi connectivity index (χ0v) is 20.2. The van der Waals surface area contributed by atoms with Crippen LogP contribution in [-0.4, -0.2) is 49.4 Å². The molecule has 0 saturated carbocycles. The molecule has 0 heterocycles.